The van der Waals surface area contributed by atoms with Crippen LogP contribution in [-0.2, 0) is 10.0 Å². The number of hydrogen-bond acceptors (Lipinski definition) is 3. The zero-order chi connectivity index (χ0) is 15.7. The van der Waals surface area contributed by atoms with Gasteiger partial charge < -0.3 is 5.11 Å². The van der Waals surface area contributed by atoms with Crippen LogP contribution >= 0.6 is 0 Å². The lowest BCUT2D eigenvalue weighted by Crippen LogP contribution is -2.34. The highest BCUT2D eigenvalue weighted by Gasteiger charge is 2.32. The summed E-state index contributed by atoms with van der Waals surface area (Å²) in [6.07, 6.45) is -4.91. The first-order valence-electron chi connectivity index (χ1n) is 4.73. The van der Waals surface area contributed by atoms with Crippen LogP contribution in [0.5, 0.6) is 0 Å². The van der Waals surface area contributed by atoms with Gasteiger partial charge in [-0.3, -0.25) is 0 Å². The number of sulfonamides is 1. The van der Waals surface area contributed by atoms with E-state index in [1.165, 1.54) is 0 Å². The van der Waals surface area contributed by atoms with Crippen LogP contribution in [0.3, 0.4) is 0 Å². The van der Waals surface area contributed by atoms with Gasteiger partial charge in [-0.05, 0) is 12.1 Å². The van der Waals surface area contributed by atoms with E-state index in [0.29, 0.717) is 0 Å². The number of rotatable bonds is 4. The number of hydrogen-bond donors (Lipinski definition) is 2. The van der Waals surface area contributed by atoms with Gasteiger partial charge in [0, 0.05) is 0 Å². The summed E-state index contributed by atoms with van der Waals surface area (Å²) >= 11 is 0. The average molecular weight is 319 g/mol. The lowest BCUT2D eigenvalue weighted by Gasteiger charge is -2.10. The van der Waals surface area contributed by atoms with Crippen molar-refractivity contribution in [2.45, 2.75) is 11.1 Å². The van der Waals surface area contributed by atoms with Crippen LogP contribution in [0.1, 0.15) is 10.4 Å². The zero-order valence-corrected chi connectivity index (χ0v) is 10.1. The minimum atomic E-state index is -5.05. The Kier molecular flexibility index (Phi) is 4.34. The van der Waals surface area contributed by atoms with Crippen molar-refractivity contribution in [3.63, 3.8) is 0 Å². The Balaban J connectivity index is 3.27. The van der Waals surface area contributed by atoms with Crippen molar-refractivity contribution in [2.24, 2.45) is 0 Å². The van der Waals surface area contributed by atoms with Gasteiger partial charge in [0.1, 0.15) is 11.4 Å². The average Bonchev–Trinajstić information content (AvgIpc) is 2.28. The number of carboxylic acid groups (broad SMARTS) is 1. The maximum Gasteiger partial charge on any atom is 0.402 e. The number of aromatic carboxylic acids is 1. The molecule has 0 spiro atoms. The van der Waals surface area contributed by atoms with E-state index in [1.54, 1.807) is 0 Å². The predicted octanol–water partition coefficient (Wildman–Crippen LogP) is 1.50. The molecule has 0 atom stereocenters. The normalized spacial score (nSPS) is 12.4. The molecule has 0 saturated heterocycles. The second-order valence-corrected chi connectivity index (χ2v) is 5.25. The molecule has 0 aromatic heterocycles. The SMILES string of the molecule is O=C(O)c1cc(F)c(F)c(S(=O)(=O)NCC(F)(F)F)c1. The molecule has 1 aromatic rings. The molecule has 0 saturated carbocycles. The van der Waals surface area contributed by atoms with Gasteiger partial charge in [-0.15, -0.1) is 0 Å². The number of alkyl halides is 3. The molecule has 0 bridgehead atoms. The highest BCUT2D eigenvalue weighted by Crippen LogP contribution is 2.21. The molecule has 0 unspecified atom stereocenters. The van der Waals surface area contributed by atoms with Gasteiger partial charge >= 0.3 is 12.1 Å². The summed E-state index contributed by atoms with van der Waals surface area (Å²) in [6, 6.07) is 0.430. The van der Waals surface area contributed by atoms with E-state index in [1.807, 2.05) is 0 Å². The van der Waals surface area contributed by atoms with Crippen LogP contribution in [0.4, 0.5) is 22.0 Å². The van der Waals surface area contributed by atoms with Crippen LogP contribution in [-0.4, -0.2) is 32.2 Å². The largest absolute Gasteiger partial charge is 0.478 e. The molecule has 0 amide bonds. The molecule has 2 N–H and O–H groups in total. The molecule has 1 rings (SSSR count). The van der Waals surface area contributed by atoms with E-state index in [9.17, 15) is 35.2 Å². The van der Waals surface area contributed by atoms with E-state index in [-0.39, 0.29) is 12.1 Å². The first kappa shape index (κ1) is 16.3. The van der Waals surface area contributed by atoms with Gasteiger partial charge in [0.25, 0.3) is 0 Å². The summed E-state index contributed by atoms with van der Waals surface area (Å²) in [4.78, 5) is 9.06. The van der Waals surface area contributed by atoms with Crippen LogP contribution in [0, 0.1) is 11.6 Å². The quantitative estimate of drug-likeness (QED) is 0.824. The van der Waals surface area contributed by atoms with Crippen molar-refractivity contribution in [3.8, 4) is 0 Å². The second-order valence-electron chi connectivity index (χ2n) is 3.52. The van der Waals surface area contributed by atoms with Crippen molar-refractivity contribution in [1.29, 1.82) is 0 Å². The van der Waals surface area contributed by atoms with Crippen LogP contribution < -0.4 is 4.72 Å². The van der Waals surface area contributed by atoms with Gasteiger partial charge in [0.2, 0.25) is 10.0 Å². The minimum absolute atomic E-state index is 0.209. The highest BCUT2D eigenvalue weighted by molar-refractivity contribution is 7.89. The van der Waals surface area contributed by atoms with E-state index < -0.39 is 50.8 Å². The fraction of sp³-hybridized carbons (Fsp3) is 0.222. The molecule has 11 heteroatoms. The third-order valence-corrected chi connectivity index (χ3v) is 3.39. The Hall–Kier alpha value is -1.75. The van der Waals surface area contributed by atoms with Crippen molar-refractivity contribution in [3.05, 3.63) is 29.3 Å². The summed E-state index contributed by atoms with van der Waals surface area (Å²) in [6.45, 7) is -2.01. The van der Waals surface area contributed by atoms with Gasteiger partial charge in [-0.25, -0.2) is 26.7 Å². The molecule has 0 aliphatic carbocycles. The van der Waals surface area contributed by atoms with Gasteiger partial charge in [0.15, 0.2) is 11.6 Å². The van der Waals surface area contributed by atoms with E-state index in [2.05, 4.69) is 0 Å². The number of carbonyl (C=O) groups is 1. The summed E-state index contributed by atoms with van der Waals surface area (Å²) in [5, 5.41) is 8.57. The molecule has 0 aliphatic heterocycles. The van der Waals surface area contributed by atoms with Gasteiger partial charge in [-0.1, -0.05) is 0 Å². The van der Waals surface area contributed by atoms with Crippen LogP contribution in [0.2, 0.25) is 0 Å². The summed E-state index contributed by atoms with van der Waals surface area (Å²) in [5.74, 6) is -5.54. The first-order valence-corrected chi connectivity index (χ1v) is 6.21. The zero-order valence-electron chi connectivity index (χ0n) is 9.33. The molecule has 20 heavy (non-hydrogen) atoms. The van der Waals surface area contributed by atoms with E-state index in [0.717, 1.165) is 4.72 Å². The predicted molar refractivity (Wildman–Crippen MR) is 54.6 cm³/mol. The Labute approximate surface area is 109 Å². The van der Waals surface area contributed by atoms with Gasteiger partial charge in [-0.2, -0.15) is 13.2 Å². The Morgan fingerprint density at radius 3 is 2.25 bits per heavy atom. The van der Waals surface area contributed by atoms with E-state index in [4.69, 9.17) is 5.11 Å². The fourth-order valence-corrected chi connectivity index (χ4v) is 2.26. The maximum absolute atomic E-state index is 13.3. The summed E-state index contributed by atoms with van der Waals surface area (Å²) in [7, 11) is -5.05. The molecule has 0 heterocycles. The van der Waals surface area contributed by atoms with Crippen LogP contribution in [0.25, 0.3) is 0 Å². The standard InChI is InChI=1S/C9H6F5NO4S/c10-5-1-4(8(16)17)2-6(7(5)11)20(18,19)15-3-9(12,13)14/h1-2,15H,3H2,(H,16,17). The second kappa shape index (κ2) is 5.32. The lowest BCUT2D eigenvalue weighted by atomic mass is 10.2. The summed E-state index contributed by atoms with van der Waals surface area (Å²) < 4.78 is 85.9. The molecule has 112 valence electrons. The Morgan fingerprint density at radius 1 is 1.25 bits per heavy atom. The fourth-order valence-electron chi connectivity index (χ4n) is 1.14. The monoisotopic (exact) mass is 319 g/mol. The number of halogens is 5. The number of nitrogens with one attached hydrogen (secondary N) is 1. The van der Waals surface area contributed by atoms with Crippen molar-refractivity contribution in [2.75, 3.05) is 6.54 Å². The van der Waals surface area contributed by atoms with Crippen LogP contribution in [0.15, 0.2) is 17.0 Å². The minimum Gasteiger partial charge on any atom is -0.478 e. The Morgan fingerprint density at radius 2 is 1.80 bits per heavy atom. The molecule has 0 aliphatic rings. The smallest absolute Gasteiger partial charge is 0.402 e. The first-order chi connectivity index (χ1) is 8.94. The summed E-state index contributed by atoms with van der Waals surface area (Å²) in [5.41, 5.74) is -0.920. The van der Waals surface area contributed by atoms with Crippen molar-refractivity contribution < 1.29 is 40.3 Å². The third kappa shape index (κ3) is 3.87. The Bertz CT molecular complexity index is 640. The molecule has 0 radical (unpaired) electrons. The molecular formula is C9H6F5NO4S. The maximum atomic E-state index is 13.3. The number of benzene rings is 1. The molecule has 5 nitrogen and oxygen atoms in total. The number of carboxylic acids is 1. The highest BCUT2D eigenvalue weighted by atomic mass is 32.2. The van der Waals surface area contributed by atoms with Gasteiger partial charge in [0.05, 0.1) is 5.56 Å². The molecule has 0 fully saturated rings. The van der Waals surface area contributed by atoms with Crippen molar-refractivity contribution >= 4 is 16.0 Å². The van der Waals surface area contributed by atoms with Crippen molar-refractivity contribution in [1.82, 2.24) is 4.72 Å². The van der Waals surface area contributed by atoms with E-state index >= 15 is 0 Å². The lowest BCUT2D eigenvalue weighted by molar-refractivity contribution is -0.121. The topological polar surface area (TPSA) is 83.5 Å². The molecular weight excluding hydrogens is 313 g/mol. The molecule has 1 aromatic carbocycles. The third-order valence-electron chi connectivity index (χ3n) is 1.99.